The molecule has 0 saturated heterocycles. The van der Waals surface area contributed by atoms with Crippen molar-refractivity contribution in [2.45, 2.75) is 25.9 Å². The molecule has 0 aliphatic rings. The van der Waals surface area contributed by atoms with Crippen LogP contribution in [-0.4, -0.2) is 16.1 Å². The molecule has 0 spiro atoms. The minimum atomic E-state index is -0.223. The molecule has 0 aliphatic carbocycles. The third kappa shape index (κ3) is 4.08. The summed E-state index contributed by atoms with van der Waals surface area (Å²) in [4.78, 5) is 15.3. The first-order chi connectivity index (χ1) is 13.3. The van der Waals surface area contributed by atoms with Crippen LogP contribution in [0.25, 0.3) is 22.2 Å². The topological polar surface area (TPSA) is 68.1 Å². The number of hydrogen-bond acceptors (Lipinski definition) is 4. The van der Waals surface area contributed by atoms with E-state index in [4.69, 9.17) is 9.26 Å². The fourth-order valence-corrected chi connectivity index (χ4v) is 3.11. The van der Waals surface area contributed by atoms with E-state index in [1.165, 1.54) is 10.9 Å². The molecule has 0 aliphatic heterocycles. The van der Waals surface area contributed by atoms with Crippen LogP contribution in [0.15, 0.2) is 71.4 Å². The molecule has 0 amide bonds. The number of aromatic nitrogens is 2. The fourth-order valence-electron chi connectivity index (χ4n) is 3.11. The largest absolute Gasteiger partial charge is 0.459 e. The van der Waals surface area contributed by atoms with Gasteiger partial charge in [-0.15, -0.1) is 0 Å². The van der Waals surface area contributed by atoms with Gasteiger partial charge in [0.15, 0.2) is 5.76 Å². The summed E-state index contributed by atoms with van der Waals surface area (Å²) in [7, 11) is 0. The number of hydrogen-bond donors (Lipinski definition) is 1. The second-order valence-corrected chi connectivity index (χ2v) is 6.42. The van der Waals surface area contributed by atoms with Crippen LogP contribution in [0.4, 0.5) is 0 Å². The summed E-state index contributed by atoms with van der Waals surface area (Å²) in [6.07, 6.45) is 3.97. The van der Waals surface area contributed by atoms with Gasteiger partial charge in [0.1, 0.15) is 12.3 Å². The van der Waals surface area contributed by atoms with Crippen LogP contribution < -0.4 is 0 Å². The summed E-state index contributed by atoms with van der Waals surface area (Å²) >= 11 is 0. The summed E-state index contributed by atoms with van der Waals surface area (Å²) in [5.74, 6) is 0.445. The Hall–Kier alpha value is -3.34. The van der Waals surface area contributed by atoms with Crippen molar-refractivity contribution >= 4 is 16.9 Å². The molecule has 5 nitrogen and oxygen atoms in total. The van der Waals surface area contributed by atoms with Crippen LogP contribution in [-0.2, 0) is 22.6 Å². The summed E-state index contributed by atoms with van der Waals surface area (Å²) in [5, 5.41) is 5.17. The van der Waals surface area contributed by atoms with E-state index in [0.29, 0.717) is 17.9 Å². The highest BCUT2D eigenvalue weighted by Gasteiger charge is 2.10. The third-order valence-electron chi connectivity index (χ3n) is 4.50. The van der Waals surface area contributed by atoms with Gasteiger partial charge in [0.25, 0.3) is 0 Å². The molecule has 27 heavy (non-hydrogen) atoms. The molecule has 1 N–H and O–H groups in total. The number of aromatic amines is 1. The number of ether oxygens (including phenoxy) is 1. The standard InChI is InChI=1S/C22H20N2O3/c25-22(12-6-9-17-14-23-20-11-5-4-10-19(17)20)26-15-18-13-21(27-24-18)16-7-2-1-3-8-16/h1-5,7-8,10-11,13-14,23H,6,9,12,15H2. The maximum Gasteiger partial charge on any atom is 0.306 e. The summed E-state index contributed by atoms with van der Waals surface area (Å²) < 4.78 is 10.6. The maximum atomic E-state index is 12.0. The molecule has 2 aromatic carbocycles. The van der Waals surface area contributed by atoms with Gasteiger partial charge in [-0.1, -0.05) is 53.7 Å². The van der Waals surface area contributed by atoms with Crippen molar-refractivity contribution in [3.8, 4) is 11.3 Å². The SMILES string of the molecule is O=C(CCCc1c[nH]c2ccccc12)OCc1cc(-c2ccccc2)on1. The molecule has 5 heteroatoms. The summed E-state index contributed by atoms with van der Waals surface area (Å²) in [5.41, 5.74) is 3.90. The van der Waals surface area contributed by atoms with Crippen LogP contribution in [0, 0.1) is 0 Å². The molecule has 0 radical (unpaired) electrons. The lowest BCUT2D eigenvalue weighted by Gasteiger charge is -2.02. The molecular formula is C22H20N2O3. The van der Waals surface area contributed by atoms with Crippen LogP contribution in [0.5, 0.6) is 0 Å². The number of aryl methyl sites for hydroxylation is 1. The van der Waals surface area contributed by atoms with Gasteiger partial charge < -0.3 is 14.2 Å². The van der Waals surface area contributed by atoms with Crippen molar-refractivity contribution < 1.29 is 14.1 Å². The highest BCUT2D eigenvalue weighted by atomic mass is 16.5. The molecule has 136 valence electrons. The first-order valence-electron chi connectivity index (χ1n) is 9.01. The molecule has 0 atom stereocenters. The second-order valence-electron chi connectivity index (χ2n) is 6.42. The normalized spacial score (nSPS) is 11.0. The van der Waals surface area contributed by atoms with Gasteiger partial charge in [-0.05, 0) is 24.5 Å². The van der Waals surface area contributed by atoms with E-state index in [1.807, 2.05) is 48.7 Å². The quantitative estimate of drug-likeness (QED) is 0.477. The number of fused-ring (bicyclic) bond motifs is 1. The van der Waals surface area contributed by atoms with E-state index in [2.05, 4.69) is 22.3 Å². The van der Waals surface area contributed by atoms with E-state index in [9.17, 15) is 4.79 Å². The number of nitrogens with zero attached hydrogens (tertiary/aromatic N) is 1. The number of H-pyrrole nitrogens is 1. The Kier molecular flexibility index (Phi) is 5.01. The Labute approximate surface area is 157 Å². The van der Waals surface area contributed by atoms with E-state index in [0.717, 1.165) is 23.9 Å². The Bertz CT molecular complexity index is 1030. The van der Waals surface area contributed by atoms with Crippen molar-refractivity contribution in [2.75, 3.05) is 0 Å². The summed E-state index contributed by atoms with van der Waals surface area (Å²) in [6.45, 7) is 0.127. The van der Waals surface area contributed by atoms with Gasteiger partial charge in [-0.25, -0.2) is 0 Å². The lowest BCUT2D eigenvalue weighted by atomic mass is 10.1. The smallest absolute Gasteiger partial charge is 0.306 e. The van der Waals surface area contributed by atoms with Crippen LogP contribution in [0.2, 0.25) is 0 Å². The third-order valence-corrected chi connectivity index (χ3v) is 4.50. The number of carbonyl (C=O) groups excluding carboxylic acids is 1. The Morgan fingerprint density at radius 1 is 1.07 bits per heavy atom. The minimum Gasteiger partial charge on any atom is -0.459 e. The molecule has 2 aromatic heterocycles. The number of nitrogens with one attached hydrogen (secondary N) is 1. The van der Waals surface area contributed by atoms with Crippen molar-refractivity contribution in [1.82, 2.24) is 10.1 Å². The predicted molar refractivity (Wildman–Crippen MR) is 103 cm³/mol. The molecule has 4 rings (SSSR count). The van der Waals surface area contributed by atoms with Crippen molar-refractivity contribution in [2.24, 2.45) is 0 Å². The van der Waals surface area contributed by atoms with E-state index < -0.39 is 0 Å². The molecule has 0 bridgehead atoms. The predicted octanol–water partition coefficient (Wildman–Crippen LogP) is 4.89. The van der Waals surface area contributed by atoms with E-state index >= 15 is 0 Å². The van der Waals surface area contributed by atoms with Crippen LogP contribution in [0.3, 0.4) is 0 Å². The van der Waals surface area contributed by atoms with Gasteiger partial charge in [0.05, 0.1) is 0 Å². The Morgan fingerprint density at radius 3 is 2.78 bits per heavy atom. The monoisotopic (exact) mass is 360 g/mol. The van der Waals surface area contributed by atoms with Gasteiger partial charge in [0, 0.05) is 35.2 Å². The van der Waals surface area contributed by atoms with Gasteiger partial charge in [-0.3, -0.25) is 4.79 Å². The molecule has 2 heterocycles. The number of rotatable bonds is 7. The van der Waals surface area contributed by atoms with Crippen molar-refractivity contribution in [3.05, 3.63) is 78.1 Å². The Balaban J connectivity index is 1.25. The zero-order valence-corrected chi connectivity index (χ0v) is 14.9. The first kappa shape index (κ1) is 17.1. The molecular weight excluding hydrogens is 340 g/mol. The fraction of sp³-hybridized carbons (Fsp3) is 0.182. The number of benzene rings is 2. The number of para-hydroxylation sites is 1. The maximum absolute atomic E-state index is 12.0. The van der Waals surface area contributed by atoms with Gasteiger partial charge >= 0.3 is 5.97 Å². The lowest BCUT2D eigenvalue weighted by Crippen LogP contribution is -2.05. The van der Waals surface area contributed by atoms with Crippen LogP contribution in [0.1, 0.15) is 24.1 Å². The second kappa shape index (κ2) is 7.91. The molecule has 4 aromatic rings. The average molecular weight is 360 g/mol. The zero-order chi connectivity index (χ0) is 18.5. The Morgan fingerprint density at radius 2 is 1.89 bits per heavy atom. The molecule has 0 unspecified atom stereocenters. The van der Waals surface area contributed by atoms with Crippen LogP contribution >= 0.6 is 0 Å². The lowest BCUT2D eigenvalue weighted by molar-refractivity contribution is -0.145. The van der Waals surface area contributed by atoms with Gasteiger partial charge in [0.2, 0.25) is 0 Å². The van der Waals surface area contributed by atoms with Crippen molar-refractivity contribution in [1.29, 1.82) is 0 Å². The van der Waals surface area contributed by atoms with Crippen molar-refractivity contribution in [3.63, 3.8) is 0 Å². The van der Waals surface area contributed by atoms with E-state index in [-0.39, 0.29) is 12.6 Å². The molecule has 0 fully saturated rings. The minimum absolute atomic E-state index is 0.127. The zero-order valence-electron chi connectivity index (χ0n) is 14.9. The average Bonchev–Trinajstić information content (AvgIpc) is 3.35. The number of esters is 1. The van der Waals surface area contributed by atoms with E-state index in [1.54, 1.807) is 6.07 Å². The first-order valence-corrected chi connectivity index (χ1v) is 9.01. The highest BCUT2D eigenvalue weighted by Crippen LogP contribution is 2.21. The summed E-state index contributed by atoms with van der Waals surface area (Å²) in [6, 6.07) is 19.7. The number of carbonyl (C=O) groups is 1. The molecule has 0 saturated carbocycles. The van der Waals surface area contributed by atoms with Gasteiger partial charge in [-0.2, -0.15) is 0 Å². The highest BCUT2D eigenvalue weighted by molar-refractivity contribution is 5.83.